The van der Waals surface area contributed by atoms with Crippen LogP contribution in [0.3, 0.4) is 0 Å². The predicted molar refractivity (Wildman–Crippen MR) is 95.1 cm³/mol. The fourth-order valence-corrected chi connectivity index (χ4v) is 3.66. The molecule has 0 N–H and O–H groups in total. The van der Waals surface area contributed by atoms with E-state index in [-0.39, 0.29) is 32.1 Å². The number of hydrogen-bond donors (Lipinski definition) is 0. The van der Waals surface area contributed by atoms with Crippen LogP contribution in [0.4, 0.5) is 0 Å². The van der Waals surface area contributed by atoms with Crippen LogP contribution >= 0.6 is 22.6 Å². The molecule has 1 aromatic rings. The van der Waals surface area contributed by atoms with Gasteiger partial charge in [0.15, 0.2) is 0 Å². The maximum Gasteiger partial charge on any atom is 0.344 e. The van der Waals surface area contributed by atoms with Crippen molar-refractivity contribution in [2.45, 2.75) is 39.3 Å². The van der Waals surface area contributed by atoms with Crippen molar-refractivity contribution in [2.75, 3.05) is 13.2 Å². The van der Waals surface area contributed by atoms with E-state index in [1.807, 2.05) is 18.2 Å². The predicted octanol–water partition coefficient (Wildman–Crippen LogP) is 2.06. The molecule has 0 saturated heterocycles. The summed E-state index contributed by atoms with van der Waals surface area (Å²) in [6, 6.07) is 5.66. The third-order valence-electron chi connectivity index (χ3n) is 4.05. The summed E-state index contributed by atoms with van der Waals surface area (Å²) in [5.74, 6) is -1.87. The van der Waals surface area contributed by atoms with Crippen LogP contribution in [0.2, 0.25) is 0 Å². The van der Waals surface area contributed by atoms with Gasteiger partial charge in [-0.05, 0) is 53.6 Å². The van der Waals surface area contributed by atoms with Gasteiger partial charge in [-0.1, -0.05) is 12.1 Å². The van der Waals surface area contributed by atoms with Crippen LogP contribution in [0, 0.1) is 3.57 Å². The second-order valence-electron chi connectivity index (χ2n) is 5.46. The molecule has 24 heavy (non-hydrogen) atoms. The molecule has 1 aromatic carbocycles. The first-order valence-corrected chi connectivity index (χ1v) is 8.85. The zero-order chi connectivity index (χ0) is 17.9. The van der Waals surface area contributed by atoms with Crippen LogP contribution in [-0.2, 0) is 36.8 Å². The average molecular weight is 445 g/mol. The molecule has 0 atom stereocenters. The van der Waals surface area contributed by atoms with Crippen molar-refractivity contribution in [3.05, 3.63) is 32.9 Å². The highest BCUT2D eigenvalue weighted by Gasteiger charge is 2.57. The Kier molecular flexibility index (Phi) is 5.84. The average Bonchev–Trinajstić information content (AvgIpc) is 2.54. The van der Waals surface area contributed by atoms with Crippen LogP contribution < -0.4 is 0 Å². The minimum Gasteiger partial charge on any atom is -0.464 e. The number of esters is 2. The van der Waals surface area contributed by atoms with Crippen molar-refractivity contribution in [1.82, 2.24) is 4.90 Å². The molecule has 2 rings (SSSR count). The van der Waals surface area contributed by atoms with E-state index in [0.29, 0.717) is 0 Å². The molecule has 0 radical (unpaired) electrons. The Bertz CT molecular complexity index is 655. The maximum absolute atomic E-state index is 12.7. The number of amides is 1. The zero-order valence-corrected chi connectivity index (χ0v) is 16.1. The Morgan fingerprint density at radius 2 is 1.75 bits per heavy atom. The van der Waals surface area contributed by atoms with Gasteiger partial charge in [0.1, 0.15) is 0 Å². The van der Waals surface area contributed by atoms with E-state index in [0.717, 1.165) is 14.7 Å². The second kappa shape index (κ2) is 7.50. The topological polar surface area (TPSA) is 72.9 Å². The van der Waals surface area contributed by atoms with Crippen molar-refractivity contribution in [3.8, 4) is 0 Å². The van der Waals surface area contributed by atoms with E-state index in [1.54, 1.807) is 13.8 Å². The lowest BCUT2D eigenvalue weighted by molar-refractivity contribution is -0.180. The van der Waals surface area contributed by atoms with Crippen molar-refractivity contribution >= 4 is 40.4 Å². The van der Waals surface area contributed by atoms with Crippen molar-refractivity contribution in [3.63, 3.8) is 0 Å². The van der Waals surface area contributed by atoms with Gasteiger partial charge in [0.05, 0.1) is 13.2 Å². The molecule has 130 valence electrons. The molecule has 1 amide bonds. The maximum atomic E-state index is 12.7. The Balaban J connectivity index is 2.63. The van der Waals surface area contributed by atoms with Crippen LogP contribution in [0.15, 0.2) is 18.2 Å². The van der Waals surface area contributed by atoms with E-state index >= 15 is 0 Å². The number of rotatable bonds is 4. The fraction of sp³-hybridized carbons (Fsp3) is 0.471. The molecule has 1 aliphatic rings. The van der Waals surface area contributed by atoms with Gasteiger partial charge in [0.25, 0.3) is 0 Å². The Morgan fingerprint density at radius 3 is 2.25 bits per heavy atom. The van der Waals surface area contributed by atoms with Crippen molar-refractivity contribution in [2.24, 2.45) is 0 Å². The summed E-state index contributed by atoms with van der Waals surface area (Å²) >= 11 is 2.19. The van der Waals surface area contributed by atoms with Crippen molar-refractivity contribution < 1.29 is 23.9 Å². The Labute approximate surface area is 154 Å². The lowest BCUT2D eigenvalue weighted by Gasteiger charge is -2.43. The summed E-state index contributed by atoms with van der Waals surface area (Å²) in [6.45, 7) is 5.06. The van der Waals surface area contributed by atoms with Gasteiger partial charge in [-0.3, -0.25) is 4.79 Å². The molecule has 1 heterocycles. The smallest absolute Gasteiger partial charge is 0.344 e. The summed E-state index contributed by atoms with van der Waals surface area (Å²) in [5.41, 5.74) is 0.0213. The minimum absolute atomic E-state index is 0.0520. The number of ether oxygens (including phenoxy) is 2. The summed E-state index contributed by atoms with van der Waals surface area (Å²) in [4.78, 5) is 39.0. The SMILES string of the molecule is CCOC(=O)C1(C(=O)OCC)Cc2cccc(I)c2CN1C(C)=O. The Morgan fingerprint density at radius 1 is 1.17 bits per heavy atom. The standard InChI is InChI=1S/C17H20INO5/c1-4-23-15(21)17(16(22)24-5-2)9-12-7-6-8-14(18)13(12)10-19(17)11(3)20/h6-8H,4-5,9-10H2,1-3H3. The lowest BCUT2D eigenvalue weighted by Crippen LogP contribution is -2.65. The summed E-state index contributed by atoms with van der Waals surface area (Å²) < 4.78 is 11.3. The molecule has 6 nitrogen and oxygen atoms in total. The molecule has 0 saturated carbocycles. The van der Waals surface area contributed by atoms with Gasteiger partial charge in [0.2, 0.25) is 11.4 Å². The quantitative estimate of drug-likeness (QED) is 0.403. The third-order valence-corrected chi connectivity index (χ3v) is 5.06. The van der Waals surface area contributed by atoms with Gasteiger partial charge in [-0.15, -0.1) is 0 Å². The molecule has 7 heteroatoms. The van der Waals surface area contributed by atoms with Gasteiger partial charge in [0, 0.05) is 23.5 Å². The van der Waals surface area contributed by atoms with Gasteiger partial charge < -0.3 is 14.4 Å². The fourth-order valence-electron chi connectivity index (χ4n) is 2.94. The van der Waals surface area contributed by atoms with E-state index in [9.17, 15) is 14.4 Å². The molecular weight excluding hydrogens is 425 g/mol. The van der Waals surface area contributed by atoms with Gasteiger partial charge in [-0.25, -0.2) is 9.59 Å². The first-order valence-electron chi connectivity index (χ1n) is 7.77. The lowest BCUT2D eigenvalue weighted by atomic mass is 9.82. The minimum atomic E-state index is -1.77. The molecule has 0 unspecified atom stereocenters. The number of halogens is 1. The number of benzene rings is 1. The van der Waals surface area contributed by atoms with E-state index in [1.165, 1.54) is 11.8 Å². The van der Waals surface area contributed by atoms with E-state index < -0.39 is 17.5 Å². The molecule has 1 aliphatic heterocycles. The first kappa shape index (κ1) is 18.7. The first-order chi connectivity index (χ1) is 11.4. The largest absolute Gasteiger partial charge is 0.464 e. The number of hydrogen-bond acceptors (Lipinski definition) is 5. The van der Waals surface area contributed by atoms with E-state index in [4.69, 9.17) is 9.47 Å². The number of carbonyl (C=O) groups excluding carboxylic acids is 3. The van der Waals surface area contributed by atoms with Crippen LogP contribution in [0.1, 0.15) is 31.9 Å². The molecule has 0 spiro atoms. The second-order valence-corrected chi connectivity index (χ2v) is 6.62. The highest BCUT2D eigenvalue weighted by Crippen LogP contribution is 2.35. The van der Waals surface area contributed by atoms with Gasteiger partial charge >= 0.3 is 11.9 Å². The summed E-state index contributed by atoms with van der Waals surface area (Å²) in [7, 11) is 0. The molecule has 0 aromatic heterocycles. The highest BCUT2D eigenvalue weighted by atomic mass is 127. The van der Waals surface area contributed by atoms with Gasteiger partial charge in [-0.2, -0.15) is 0 Å². The monoisotopic (exact) mass is 445 g/mol. The molecule has 0 aliphatic carbocycles. The zero-order valence-electron chi connectivity index (χ0n) is 13.9. The summed E-state index contributed by atoms with van der Waals surface area (Å²) in [6.07, 6.45) is 0.0520. The Hall–Kier alpha value is -1.64. The number of carbonyl (C=O) groups is 3. The highest BCUT2D eigenvalue weighted by molar-refractivity contribution is 14.1. The van der Waals surface area contributed by atoms with Crippen LogP contribution in [0.5, 0.6) is 0 Å². The number of fused-ring (bicyclic) bond motifs is 1. The van der Waals surface area contributed by atoms with E-state index in [2.05, 4.69) is 22.6 Å². The van der Waals surface area contributed by atoms with Crippen molar-refractivity contribution in [1.29, 1.82) is 0 Å². The van der Waals surface area contributed by atoms with Crippen LogP contribution in [0.25, 0.3) is 0 Å². The third kappa shape index (κ3) is 3.13. The van der Waals surface area contributed by atoms with Crippen LogP contribution in [-0.4, -0.2) is 41.5 Å². The normalized spacial score (nSPS) is 15.4. The molecule has 0 fully saturated rings. The molecule has 0 bridgehead atoms. The molecular formula is C17H20INO5. The number of nitrogens with zero attached hydrogens (tertiary/aromatic N) is 1. The summed E-state index contributed by atoms with van der Waals surface area (Å²) in [5, 5.41) is 0.